The van der Waals surface area contributed by atoms with Crippen LogP contribution < -0.4 is 10.6 Å². The second-order valence-corrected chi connectivity index (χ2v) is 5.48. The number of pyridine rings is 1. The molecule has 0 radical (unpaired) electrons. The summed E-state index contributed by atoms with van der Waals surface area (Å²) < 4.78 is 1.77. The highest BCUT2D eigenvalue weighted by Crippen LogP contribution is 2.27. The predicted molar refractivity (Wildman–Crippen MR) is 86.7 cm³/mol. The summed E-state index contributed by atoms with van der Waals surface area (Å²) in [6.45, 7) is 0. The Kier molecular flexibility index (Phi) is 3.08. The molecule has 1 aliphatic rings. The highest BCUT2D eigenvalue weighted by Gasteiger charge is 2.25. The molecule has 0 bridgehead atoms. The van der Waals surface area contributed by atoms with Crippen LogP contribution >= 0.6 is 0 Å². The van der Waals surface area contributed by atoms with Gasteiger partial charge in [-0.3, -0.25) is 9.48 Å². The first kappa shape index (κ1) is 13.5. The van der Waals surface area contributed by atoms with Crippen molar-refractivity contribution in [3.63, 3.8) is 0 Å². The maximum absolute atomic E-state index is 12.2. The van der Waals surface area contributed by atoms with Gasteiger partial charge < -0.3 is 10.6 Å². The minimum atomic E-state index is -0.282. The minimum Gasteiger partial charge on any atom is -0.360 e. The summed E-state index contributed by atoms with van der Waals surface area (Å²) in [5.74, 6) is -0.170. The van der Waals surface area contributed by atoms with E-state index < -0.39 is 0 Å². The Morgan fingerprint density at radius 1 is 1.13 bits per heavy atom. The van der Waals surface area contributed by atoms with Gasteiger partial charge in [0.25, 0.3) is 5.91 Å². The zero-order valence-electron chi connectivity index (χ0n) is 12.5. The molecule has 1 aromatic carbocycles. The number of aromatic nitrogens is 3. The number of nitrogens with one attached hydrogen (secondary N) is 2. The van der Waals surface area contributed by atoms with Crippen LogP contribution in [-0.2, 0) is 7.05 Å². The molecule has 2 aromatic heterocycles. The number of anilines is 1. The first-order valence-corrected chi connectivity index (χ1v) is 7.32. The number of carbonyl (C=O) groups excluding carboxylic acids is 1. The van der Waals surface area contributed by atoms with Crippen molar-refractivity contribution in [2.75, 3.05) is 5.32 Å². The Bertz CT molecular complexity index is 886. The number of hydrogen-bond acceptors (Lipinski definition) is 4. The molecule has 0 spiro atoms. The van der Waals surface area contributed by atoms with Crippen LogP contribution in [0.4, 0.5) is 5.69 Å². The van der Waals surface area contributed by atoms with Crippen LogP contribution in [0.3, 0.4) is 0 Å². The molecular formula is C17H15N5O. The van der Waals surface area contributed by atoms with Crippen molar-refractivity contribution in [2.45, 2.75) is 6.17 Å². The maximum Gasteiger partial charge on any atom is 0.273 e. The van der Waals surface area contributed by atoms with E-state index in [1.54, 1.807) is 10.9 Å². The molecule has 1 amide bonds. The average Bonchev–Trinajstić information content (AvgIpc) is 3.01. The molecular weight excluding hydrogens is 290 g/mol. The number of hydrogen-bond donors (Lipinski definition) is 2. The summed E-state index contributed by atoms with van der Waals surface area (Å²) in [6, 6.07) is 11.7. The topological polar surface area (TPSA) is 71.8 Å². The molecule has 0 fully saturated rings. The zero-order valence-corrected chi connectivity index (χ0v) is 12.5. The van der Waals surface area contributed by atoms with Gasteiger partial charge in [0.05, 0.1) is 11.9 Å². The van der Waals surface area contributed by atoms with Crippen LogP contribution in [0.5, 0.6) is 0 Å². The first-order valence-electron chi connectivity index (χ1n) is 7.32. The van der Waals surface area contributed by atoms with Crippen molar-refractivity contribution in [1.29, 1.82) is 0 Å². The van der Waals surface area contributed by atoms with Gasteiger partial charge in [-0.25, -0.2) is 4.98 Å². The lowest BCUT2D eigenvalue weighted by molar-refractivity contribution is 0.0930. The second kappa shape index (κ2) is 5.24. The Hall–Kier alpha value is -3.15. The fraction of sp³-hybridized carbons (Fsp3) is 0.118. The van der Waals surface area contributed by atoms with E-state index >= 15 is 0 Å². The van der Waals surface area contributed by atoms with Crippen LogP contribution in [0, 0.1) is 0 Å². The van der Waals surface area contributed by atoms with E-state index in [-0.39, 0.29) is 12.1 Å². The molecule has 3 aromatic rings. The molecule has 0 aliphatic carbocycles. The van der Waals surface area contributed by atoms with Gasteiger partial charge in [-0.15, -0.1) is 0 Å². The number of nitrogens with zero attached hydrogens (tertiary/aromatic N) is 3. The van der Waals surface area contributed by atoms with Gasteiger partial charge in [0, 0.05) is 25.0 Å². The SMILES string of the molecule is Cn1cc(-c2cccc(C3NC(=O)c4ncccc4N3)c2)cn1. The molecule has 2 N–H and O–H groups in total. The van der Waals surface area contributed by atoms with Gasteiger partial charge in [-0.05, 0) is 29.3 Å². The summed E-state index contributed by atoms with van der Waals surface area (Å²) in [7, 11) is 1.89. The molecule has 1 unspecified atom stereocenters. The van der Waals surface area contributed by atoms with E-state index in [2.05, 4.69) is 26.8 Å². The number of amides is 1. The number of aryl methyl sites for hydroxylation is 1. The molecule has 3 heterocycles. The normalized spacial score (nSPS) is 16.4. The van der Waals surface area contributed by atoms with Crippen LogP contribution in [0.1, 0.15) is 22.2 Å². The fourth-order valence-corrected chi connectivity index (χ4v) is 2.73. The van der Waals surface area contributed by atoms with E-state index in [1.165, 1.54) is 0 Å². The van der Waals surface area contributed by atoms with Gasteiger partial charge in [0.1, 0.15) is 6.17 Å². The van der Waals surface area contributed by atoms with E-state index in [9.17, 15) is 4.79 Å². The zero-order chi connectivity index (χ0) is 15.8. The van der Waals surface area contributed by atoms with Crippen molar-refractivity contribution in [2.24, 2.45) is 7.05 Å². The largest absolute Gasteiger partial charge is 0.360 e. The summed E-state index contributed by atoms with van der Waals surface area (Å²) in [4.78, 5) is 16.3. The summed E-state index contributed by atoms with van der Waals surface area (Å²) in [6.07, 6.45) is 5.12. The van der Waals surface area contributed by atoms with Crippen LogP contribution in [0.25, 0.3) is 11.1 Å². The molecule has 0 saturated carbocycles. The minimum absolute atomic E-state index is 0.170. The summed E-state index contributed by atoms with van der Waals surface area (Å²) >= 11 is 0. The molecule has 4 rings (SSSR count). The lowest BCUT2D eigenvalue weighted by Gasteiger charge is -2.27. The summed E-state index contributed by atoms with van der Waals surface area (Å²) in [5, 5.41) is 10.5. The third-order valence-corrected chi connectivity index (χ3v) is 3.86. The van der Waals surface area contributed by atoms with E-state index in [4.69, 9.17) is 0 Å². The Balaban J connectivity index is 1.68. The van der Waals surface area contributed by atoms with Crippen LogP contribution in [0.15, 0.2) is 55.0 Å². The van der Waals surface area contributed by atoms with Gasteiger partial charge in [-0.1, -0.05) is 18.2 Å². The van der Waals surface area contributed by atoms with E-state index in [0.717, 1.165) is 22.4 Å². The van der Waals surface area contributed by atoms with Gasteiger partial charge in [-0.2, -0.15) is 5.10 Å². The Labute approximate surface area is 133 Å². The van der Waals surface area contributed by atoms with Gasteiger partial charge in [0.15, 0.2) is 5.69 Å². The number of carbonyl (C=O) groups is 1. The highest BCUT2D eigenvalue weighted by atomic mass is 16.2. The maximum atomic E-state index is 12.2. The van der Waals surface area contributed by atoms with E-state index in [0.29, 0.717) is 5.69 Å². The quantitative estimate of drug-likeness (QED) is 0.762. The first-order chi connectivity index (χ1) is 11.2. The van der Waals surface area contributed by atoms with Crippen molar-refractivity contribution in [3.8, 4) is 11.1 Å². The number of rotatable bonds is 2. The average molecular weight is 305 g/mol. The molecule has 6 heteroatoms. The second-order valence-electron chi connectivity index (χ2n) is 5.48. The number of benzene rings is 1. The highest BCUT2D eigenvalue weighted by molar-refractivity contribution is 5.99. The van der Waals surface area contributed by atoms with Gasteiger partial charge >= 0.3 is 0 Å². The Morgan fingerprint density at radius 2 is 2.04 bits per heavy atom. The molecule has 114 valence electrons. The molecule has 23 heavy (non-hydrogen) atoms. The van der Waals surface area contributed by atoms with Crippen molar-refractivity contribution < 1.29 is 4.79 Å². The number of fused-ring (bicyclic) bond motifs is 1. The van der Waals surface area contributed by atoms with Crippen molar-refractivity contribution in [3.05, 3.63) is 66.2 Å². The third-order valence-electron chi connectivity index (χ3n) is 3.86. The van der Waals surface area contributed by atoms with Crippen LogP contribution in [0.2, 0.25) is 0 Å². The Morgan fingerprint density at radius 3 is 2.87 bits per heavy atom. The standard InChI is InChI=1S/C17H15N5O/c1-22-10-13(9-19-22)11-4-2-5-12(8-11)16-20-14-6-3-7-18-15(14)17(23)21-16/h2-10,16,20H,1H3,(H,21,23). The van der Waals surface area contributed by atoms with Crippen molar-refractivity contribution in [1.82, 2.24) is 20.1 Å². The molecule has 1 aliphatic heterocycles. The van der Waals surface area contributed by atoms with Crippen molar-refractivity contribution >= 4 is 11.6 Å². The lowest BCUT2D eigenvalue weighted by atomic mass is 10.0. The lowest BCUT2D eigenvalue weighted by Crippen LogP contribution is -2.39. The summed E-state index contributed by atoms with van der Waals surface area (Å²) in [5.41, 5.74) is 4.25. The fourth-order valence-electron chi connectivity index (χ4n) is 2.73. The monoisotopic (exact) mass is 305 g/mol. The smallest absolute Gasteiger partial charge is 0.273 e. The predicted octanol–water partition coefficient (Wildman–Crippen LogP) is 2.34. The van der Waals surface area contributed by atoms with Gasteiger partial charge in [0.2, 0.25) is 0 Å². The third kappa shape index (κ3) is 2.44. The molecule has 1 atom stereocenters. The van der Waals surface area contributed by atoms with Crippen LogP contribution in [-0.4, -0.2) is 20.7 Å². The molecule has 6 nitrogen and oxygen atoms in total. The van der Waals surface area contributed by atoms with E-state index in [1.807, 2.05) is 49.8 Å². The molecule has 0 saturated heterocycles.